The molecule has 1 fully saturated rings. The summed E-state index contributed by atoms with van der Waals surface area (Å²) in [4.78, 5) is 0. The Morgan fingerprint density at radius 2 is 1.95 bits per heavy atom. The fraction of sp³-hybridized carbons (Fsp3) is 0.600. The van der Waals surface area contributed by atoms with Crippen LogP contribution in [0.25, 0.3) is 0 Å². The minimum atomic E-state index is -0.204. The quantitative estimate of drug-likeness (QED) is 0.904. The van der Waals surface area contributed by atoms with Crippen LogP contribution in [0.1, 0.15) is 37.7 Å². The molecule has 2 nitrogen and oxygen atoms in total. The summed E-state index contributed by atoms with van der Waals surface area (Å²) in [7, 11) is 1.77. The molecule has 2 N–H and O–H groups in total. The second-order valence-electron chi connectivity index (χ2n) is 5.35. The van der Waals surface area contributed by atoms with E-state index in [1.165, 1.54) is 19.3 Å². The average molecular weight is 302 g/mol. The van der Waals surface area contributed by atoms with Gasteiger partial charge >= 0.3 is 0 Å². The molecule has 1 aromatic carbocycles. The van der Waals surface area contributed by atoms with Crippen LogP contribution in [0.2, 0.25) is 10.0 Å². The largest absolute Gasteiger partial charge is 0.377 e. The molecule has 0 radical (unpaired) electrons. The van der Waals surface area contributed by atoms with Crippen LogP contribution in [-0.2, 0) is 11.2 Å². The van der Waals surface area contributed by atoms with Gasteiger partial charge in [0.2, 0.25) is 0 Å². The second kappa shape index (κ2) is 6.45. The summed E-state index contributed by atoms with van der Waals surface area (Å²) in [5.41, 5.74) is 7.22. The number of ether oxygens (including phenoxy) is 1. The number of nitrogens with two attached hydrogens (primary N) is 1. The Morgan fingerprint density at radius 1 is 1.26 bits per heavy atom. The summed E-state index contributed by atoms with van der Waals surface area (Å²) < 4.78 is 5.78. The summed E-state index contributed by atoms with van der Waals surface area (Å²) in [5, 5.41) is 1.20. The molecule has 2 rings (SSSR count). The third-order valence-electron chi connectivity index (χ3n) is 4.25. The normalized spacial score (nSPS) is 20.2. The smallest absolute Gasteiger partial charge is 0.0832 e. The van der Waals surface area contributed by atoms with Gasteiger partial charge in [-0.1, -0.05) is 54.6 Å². The van der Waals surface area contributed by atoms with E-state index >= 15 is 0 Å². The predicted octanol–water partition coefficient (Wildman–Crippen LogP) is 4.21. The van der Waals surface area contributed by atoms with Crippen molar-refractivity contribution in [1.29, 1.82) is 0 Å². The highest BCUT2D eigenvalue weighted by molar-refractivity contribution is 6.42. The molecule has 1 aliphatic carbocycles. The number of methoxy groups -OCH3 is 1. The van der Waals surface area contributed by atoms with Crippen molar-refractivity contribution in [2.75, 3.05) is 7.11 Å². The topological polar surface area (TPSA) is 35.2 Å². The first-order chi connectivity index (χ1) is 9.09. The van der Waals surface area contributed by atoms with Crippen LogP contribution >= 0.6 is 23.2 Å². The van der Waals surface area contributed by atoms with Crippen LogP contribution in [-0.4, -0.2) is 18.8 Å². The van der Waals surface area contributed by atoms with Gasteiger partial charge in [-0.25, -0.2) is 0 Å². The van der Waals surface area contributed by atoms with Gasteiger partial charge in [-0.2, -0.15) is 0 Å². The van der Waals surface area contributed by atoms with Gasteiger partial charge in [0.05, 0.1) is 15.6 Å². The summed E-state index contributed by atoms with van der Waals surface area (Å²) in [6.45, 7) is 0. The highest BCUT2D eigenvalue weighted by Gasteiger charge is 2.38. The number of rotatable bonds is 4. The first-order valence-electron chi connectivity index (χ1n) is 6.83. The molecule has 0 amide bonds. The maximum atomic E-state index is 6.42. The first-order valence-corrected chi connectivity index (χ1v) is 7.58. The fourth-order valence-electron chi connectivity index (χ4n) is 3.01. The molecule has 1 aliphatic rings. The molecular formula is C15H21Cl2NO. The van der Waals surface area contributed by atoms with Crippen molar-refractivity contribution < 1.29 is 4.74 Å². The Morgan fingerprint density at radius 3 is 2.58 bits per heavy atom. The van der Waals surface area contributed by atoms with Crippen LogP contribution in [0.3, 0.4) is 0 Å². The van der Waals surface area contributed by atoms with Crippen LogP contribution in [0.4, 0.5) is 0 Å². The van der Waals surface area contributed by atoms with Crippen molar-refractivity contribution in [3.8, 4) is 0 Å². The number of hydrogen-bond acceptors (Lipinski definition) is 2. The first kappa shape index (κ1) is 15.1. The van der Waals surface area contributed by atoms with Crippen LogP contribution in [0, 0.1) is 0 Å². The Hall–Kier alpha value is -0.280. The molecule has 0 aromatic heterocycles. The van der Waals surface area contributed by atoms with Crippen LogP contribution in [0.15, 0.2) is 18.2 Å². The lowest BCUT2D eigenvalue weighted by atomic mass is 9.77. The van der Waals surface area contributed by atoms with Crippen molar-refractivity contribution in [3.05, 3.63) is 33.8 Å². The molecule has 0 heterocycles. The molecule has 1 atom stereocenters. The van der Waals surface area contributed by atoms with E-state index in [4.69, 9.17) is 33.7 Å². The standard InChI is InChI=1S/C15H21Cl2NO/c1-19-15(8-3-2-4-9-15)13(18)10-11-6-5-7-12(16)14(11)17/h5-7,13H,2-4,8-10,18H2,1H3. The zero-order valence-corrected chi connectivity index (χ0v) is 12.8. The molecule has 1 saturated carbocycles. The van der Waals surface area contributed by atoms with Gasteiger partial charge in [-0.15, -0.1) is 0 Å². The Balaban J connectivity index is 2.15. The molecule has 106 valence electrons. The number of hydrogen-bond donors (Lipinski definition) is 1. The Kier molecular flexibility index (Phi) is 5.13. The minimum Gasteiger partial charge on any atom is -0.377 e. The zero-order chi connectivity index (χ0) is 13.9. The summed E-state index contributed by atoms with van der Waals surface area (Å²) in [5.74, 6) is 0. The third kappa shape index (κ3) is 3.25. The van der Waals surface area contributed by atoms with Gasteiger partial charge in [0.15, 0.2) is 0 Å². The molecule has 0 spiro atoms. The molecule has 1 unspecified atom stereocenters. The van der Waals surface area contributed by atoms with Gasteiger partial charge in [0, 0.05) is 13.2 Å². The van der Waals surface area contributed by atoms with E-state index in [1.54, 1.807) is 13.2 Å². The molecule has 0 bridgehead atoms. The van der Waals surface area contributed by atoms with Crippen LogP contribution in [0.5, 0.6) is 0 Å². The molecule has 0 aliphatic heterocycles. The van der Waals surface area contributed by atoms with Crippen molar-refractivity contribution in [2.24, 2.45) is 5.73 Å². The molecule has 19 heavy (non-hydrogen) atoms. The number of halogens is 2. The van der Waals surface area contributed by atoms with E-state index in [1.807, 2.05) is 12.1 Å². The summed E-state index contributed by atoms with van der Waals surface area (Å²) in [6, 6.07) is 5.65. The molecule has 4 heteroatoms. The maximum absolute atomic E-state index is 6.42. The number of benzene rings is 1. The lowest BCUT2D eigenvalue weighted by Crippen LogP contribution is -2.51. The van der Waals surface area contributed by atoms with E-state index in [2.05, 4.69) is 0 Å². The average Bonchev–Trinajstić information content (AvgIpc) is 2.44. The van der Waals surface area contributed by atoms with Gasteiger partial charge in [-0.3, -0.25) is 0 Å². The monoisotopic (exact) mass is 301 g/mol. The third-order valence-corrected chi connectivity index (χ3v) is 5.11. The van der Waals surface area contributed by atoms with Gasteiger partial charge in [0.25, 0.3) is 0 Å². The summed E-state index contributed by atoms with van der Waals surface area (Å²) >= 11 is 12.3. The van der Waals surface area contributed by atoms with Crippen molar-refractivity contribution >= 4 is 23.2 Å². The molecule has 1 aromatic rings. The lowest BCUT2D eigenvalue weighted by Gasteiger charge is -2.41. The highest BCUT2D eigenvalue weighted by atomic mass is 35.5. The van der Waals surface area contributed by atoms with Crippen molar-refractivity contribution in [2.45, 2.75) is 50.2 Å². The Labute approximate surface area is 125 Å². The SMILES string of the molecule is COC1(C(N)Cc2cccc(Cl)c2Cl)CCCCC1. The van der Waals surface area contributed by atoms with Crippen molar-refractivity contribution in [3.63, 3.8) is 0 Å². The maximum Gasteiger partial charge on any atom is 0.0832 e. The second-order valence-corrected chi connectivity index (χ2v) is 6.14. The fourth-order valence-corrected chi connectivity index (χ4v) is 3.40. The minimum absolute atomic E-state index is 0.0474. The van der Waals surface area contributed by atoms with Crippen molar-refractivity contribution in [1.82, 2.24) is 0 Å². The van der Waals surface area contributed by atoms with E-state index in [0.717, 1.165) is 18.4 Å². The van der Waals surface area contributed by atoms with Gasteiger partial charge in [0.1, 0.15) is 0 Å². The predicted molar refractivity (Wildman–Crippen MR) is 81.0 cm³/mol. The van der Waals surface area contributed by atoms with Crippen LogP contribution < -0.4 is 5.73 Å². The van der Waals surface area contributed by atoms with E-state index in [-0.39, 0.29) is 11.6 Å². The zero-order valence-electron chi connectivity index (χ0n) is 11.3. The van der Waals surface area contributed by atoms with E-state index in [9.17, 15) is 0 Å². The van der Waals surface area contributed by atoms with Gasteiger partial charge in [-0.05, 0) is 30.9 Å². The van der Waals surface area contributed by atoms with Gasteiger partial charge < -0.3 is 10.5 Å². The summed E-state index contributed by atoms with van der Waals surface area (Å²) in [6.07, 6.45) is 6.41. The lowest BCUT2D eigenvalue weighted by molar-refractivity contribution is -0.0582. The van der Waals surface area contributed by atoms with E-state index < -0.39 is 0 Å². The van der Waals surface area contributed by atoms with E-state index in [0.29, 0.717) is 16.5 Å². The highest BCUT2D eigenvalue weighted by Crippen LogP contribution is 2.35. The Bertz CT molecular complexity index is 430. The molecular weight excluding hydrogens is 281 g/mol. The molecule has 0 saturated heterocycles.